The van der Waals surface area contributed by atoms with Crippen LogP contribution in [-0.4, -0.2) is 18.0 Å². The van der Waals surface area contributed by atoms with Gasteiger partial charge in [0.05, 0.1) is 5.56 Å². The Balaban J connectivity index is 1.55. The minimum Gasteiger partial charge on any atom is -0.295 e. The van der Waals surface area contributed by atoms with Crippen LogP contribution in [-0.2, 0) is 12.7 Å². The smallest absolute Gasteiger partial charge is 0.295 e. The Bertz CT molecular complexity index is 743. The van der Waals surface area contributed by atoms with Gasteiger partial charge in [0.15, 0.2) is 0 Å². The highest BCUT2D eigenvalue weighted by molar-refractivity contribution is 5.52. The van der Waals surface area contributed by atoms with Crippen molar-refractivity contribution in [3.8, 4) is 0 Å². The topological polar surface area (TPSA) is 3.24 Å². The molecule has 2 aromatic rings. The number of hydrogen-bond donors (Lipinski definition) is 0. The zero-order valence-corrected chi connectivity index (χ0v) is 13.8. The molecule has 0 fully saturated rings. The van der Waals surface area contributed by atoms with Gasteiger partial charge in [0, 0.05) is 19.6 Å². The second-order valence-corrected chi connectivity index (χ2v) is 6.20. The normalized spacial score (nSPS) is 16.2. The Morgan fingerprint density at radius 3 is 2.24 bits per heavy atom. The third-order valence-corrected chi connectivity index (χ3v) is 4.31. The predicted molar refractivity (Wildman–Crippen MR) is 94.9 cm³/mol. The molecule has 0 aromatic heterocycles. The maximum absolute atomic E-state index is 12.6. The van der Waals surface area contributed by atoms with E-state index in [4.69, 9.17) is 0 Å². The van der Waals surface area contributed by atoms with E-state index >= 15 is 0 Å². The van der Waals surface area contributed by atoms with Crippen LogP contribution in [0, 0.1) is 0 Å². The second-order valence-electron chi connectivity index (χ2n) is 6.20. The Kier molecular flexibility index (Phi) is 5.39. The van der Waals surface area contributed by atoms with Crippen LogP contribution in [0.5, 0.6) is 0 Å². The first-order valence-corrected chi connectivity index (χ1v) is 8.31. The first-order chi connectivity index (χ1) is 12.0. The molecule has 0 amide bonds. The van der Waals surface area contributed by atoms with E-state index in [1.165, 1.54) is 11.1 Å². The summed E-state index contributed by atoms with van der Waals surface area (Å²) < 4.78 is 37.8. The van der Waals surface area contributed by atoms with E-state index in [9.17, 15) is 13.2 Å². The number of allylic oxidation sites excluding steroid dienone is 1. The Hall–Kier alpha value is -2.33. The molecule has 0 N–H and O–H groups in total. The molecule has 0 saturated heterocycles. The molecule has 130 valence electrons. The van der Waals surface area contributed by atoms with Gasteiger partial charge >= 0.3 is 6.18 Å². The number of rotatable bonds is 4. The molecular weight excluding hydrogens is 323 g/mol. The fourth-order valence-corrected chi connectivity index (χ4v) is 2.85. The first kappa shape index (κ1) is 17.5. The molecule has 1 aliphatic heterocycles. The van der Waals surface area contributed by atoms with Crippen molar-refractivity contribution in [2.75, 3.05) is 13.1 Å². The Morgan fingerprint density at radius 1 is 0.920 bits per heavy atom. The standard InChI is InChI=1S/C21H20F3N/c22-21(23,24)20-10-8-19(9-11-20)16-25-14-12-18(13-15-25)7-6-17-4-2-1-3-5-17/h1-12H,13-16H2. The molecule has 0 bridgehead atoms. The van der Waals surface area contributed by atoms with E-state index in [-0.39, 0.29) is 0 Å². The van der Waals surface area contributed by atoms with Crippen LogP contribution in [0.3, 0.4) is 0 Å². The van der Waals surface area contributed by atoms with Crippen molar-refractivity contribution in [3.63, 3.8) is 0 Å². The molecule has 2 aromatic carbocycles. The predicted octanol–water partition coefficient (Wildman–Crippen LogP) is 5.55. The monoisotopic (exact) mass is 343 g/mol. The van der Waals surface area contributed by atoms with Gasteiger partial charge in [0.2, 0.25) is 0 Å². The summed E-state index contributed by atoms with van der Waals surface area (Å²) in [6.07, 6.45) is 3.12. The molecule has 0 unspecified atom stereocenters. The maximum Gasteiger partial charge on any atom is 0.416 e. The van der Waals surface area contributed by atoms with Crippen molar-refractivity contribution < 1.29 is 13.2 Å². The van der Waals surface area contributed by atoms with Crippen molar-refractivity contribution in [2.45, 2.75) is 19.1 Å². The fourth-order valence-electron chi connectivity index (χ4n) is 2.85. The van der Waals surface area contributed by atoms with Crippen LogP contribution in [0.2, 0.25) is 0 Å². The molecule has 25 heavy (non-hydrogen) atoms. The molecule has 1 aliphatic rings. The van der Waals surface area contributed by atoms with Crippen molar-refractivity contribution in [3.05, 3.63) is 89.0 Å². The third-order valence-electron chi connectivity index (χ3n) is 4.31. The summed E-state index contributed by atoms with van der Waals surface area (Å²) in [6.45, 7) is 2.39. The van der Waals surface area contributed by atoms with Crippen LogP contribution < -0.4 is 0 Å². The number of alkyl halides is 3. The molecule has 0 spiro atoms. The lowest BCUT2D eigenvalue weighted by Gasteiger charge is -2.25. The van der Waals surface area contributed by atoms with Gasteiger partial charge in [0.1, 0.15) is 0 Å². The van der Waals surface area contributed by atoms with Crippen molar-refractivity contribution >= 4 is 6.08 Å². The lowest BCUT2D eigenvalue weighted by Crippen LogP contribution is -2.28. The largest absolute Gasteiger partial charge is 0.416 e. The average Bonchev–Trinajstić information content (AvgIpc) is 2.62. The lowest BCUT2D eigenvalue weighted by atomic mass is 10.0. The van der Waals surface area contributed by atoms with Crippen molar-refractivity contribution in [1.29, 1.82) is 0 Å². The maximum atomic E-state index is 12.6. The highest BCUT2D eigenvalue weighted by Gasteiger charge is 2.29. The molecule has 0 saturated carbocycles. The molecule has 4 heteroatoms. The molecular formula is C21H20F3N. The van der Waals surface area contributed by atoms with Gasteiger partial charge in [-0.15, -0.1) is 0 Å². The van der Waals surface area contributed by atoms with Gasteiger partial charge in [-0.3, -0.25) is 4.90 Å². The van der Waals surface area contributed by atoms with E-state index in [0.717, 1.165) is 37.2 Å². The number of halogens is 3. The third kappa shape index (κ3) is 5.07. The van der Waals surface area contributed by atoms with Crippen LogP contribution in [0.15, 0.2) is 72.3 Å². The van der Waals surface area contributed by atoms with E-state index in [1.807, 2.05) is 18.2 Å². The second kappa shape index (κ2) is 7.70. The van der Waals surface area contributed by atoms with E-state index in [1.54, 1.807) is 12.1 Å². The lowest BCUT2D eigenvalue weighted by molar-refractivity contribution is -0.137. The quantitative estimate of drug-likeness (QED) is 0.703. The molecule has 0 atom stereocenters. The molecule has 0 aliphatic carbocycles. The highest BCUT2D eigenvalue weighted by Crippen LogP contribution is 2.29. The van der Waals surface area contributed by atoms with E-state index < -0.39 is 11.7 Å². The van der Waals surface area contributed by atoms with E-state index in [2.05, 4.69) is 35.3 Å². The Labute approximate surface area is 146 Å². The average molecular weight is 343 g/mol. The zero-order valence-electron chi connectivity index (χ0n) is 13.8. The van der Waals surface area contributed by atoms with Gasteiger partial charge in [-0.25, -0.2) is 0 Å². The SMILES string of the molecule is FC(F)(F)c1ccc(CN2CC=C(C=Cc3ccccc3)CC2)cc1. The van der Waals surface area contributed by atoms with Crippen LogP contribution >= 0.6 is 0 Å². The van der Waals surface area contributed by atoms with Gasteiger partial charge in [0.25, 0.3) is 0 Å². The summed E-state index contributed by atoms with van der Waals surface area (Å²) in [4.78, 5) is 2.24. The molecule has 1 heterocycles. The highest BCUT2D eigenvalue weighted by atomic mass is 19.4. The summed E-state index contributed by atoms with van der Waals surface area (Å²) in [6, 6.07) is 15.6. The van der Waals surface area contributed by atoms with E-state index in [0.29, 0.717) is 6.54 Å². The van der Waals surface area contributed by atoms with Gasteiger partial charge in [-0.2, -0.15) is 13.2 Å². The summed E-state index contributed by atoms with van der Waals surface area (Å²) in [5.41, 5.74) is 2.79. The van der Waals surface area contributed by atoms with Crippen LogP contribution in [0.4, 0.5) is 13.2 Å². The van der Waals surface area contributed by atoms with Crippen molar-refractivity contribution in [1.82, 2.24) is 4.90 Å². The Morgan fingerprint density at radius 2 is 1.64 bits per heavy atom. The minimum absolute atomic E-state index is 0.594. The zero-order chi connectivity index (χ0) is 17.7. The minimum atomic E-state index is -4.27. The number of benzene rings is 2. The summed E-state index contributed by atoms with van der Waals surface area (Å²) in [5.74, 6) is 0. The number of hydrogen-bond acceptors (Lipinski definition) is 1. The fraction of sp³-hybridized carbons (Fsp3) is 0.238. The van der Waals surface area contributed by atoms with Crippen molar-refractivity contribution in [2.24, 2.45) is 0 Å². The van der Waals surface area contributed by atoms with Gasteiger partial charge in [-0.1, -0.05) is 60.7 Å². The molecule has 1 nitrogen and oxygen atoms in total. The molecule has 3 rings (SSSR count). The van der Waals surface area contributed by atoms with Crippen LogP contribution in [0.1, 0.15) is 23.1 Å². The summed E-state index contributed by atoms with van der Waals surface area (Å²) >= 11 is 0. The first-order valence-electron chi connectivity index (χ1n) is 8.31. The van der Waals surface area contributed by atoms with Crippen LogP contribution in [0.25, 0.3) is 6.08 Å². The summed E-state index contributed by atoms with van der Waals surface area (Å²) in [5, 5.41) is 0. The number of nitrogens with zero attached hydrogens (tertiary/aromatic N) is 1. The summed E-state index contributed by atoms with van der Waals surface area (Å²) in [7, 11) is 0. The van der Waals surface area contributed by atoms with Gasteiger partial charge in [-0.05, 0) is 35.3 Å². The van der Waals surface area contributed by atoms with Gasteiger partial charge < -0.3 is 0 Å². The molecule has 0 radical (unpaired) electrons.